The van der Waals surface area contributed by atoms with Gasteiger partial charge in [-0.2, -0.15) is 0 Å². The molecule has 0 N–H and O–H groups in total. The molecule has 0 aliphatic carbocycles. The maximum absolute atomic E-state index is 3.51. The molecule has 2 heteroatoms. The van der Waals surface area contributed by atoms with Crippen LogP contribution in [0, 0.1) is 0 Å². The zero-order valence-corrected chi connectivity index (χ0v) is 12.6. The first kappa shape index (κ1) is 13.1. The van der Waals surface area contributed by atoms with Crippen LogP contribution >= 0.6 is 15.9 Å². The van der Waals surface area contributed by atoms with Crippen LogP contribution in [0.4, 0.5) is 0 Å². The first-order valence-corrected chi connectivity index (χ1v) is 7.30. The third-order valence-electron chi connectivity index (χ3n) is 3.62. The van der Waals surface area contributed by atoms with E-state index in [0.29, 0.717) is 6.04 Å². The second-order valence-electron chi connectivity index (χ2n) is 5.93. The maximum atomic E-state index is 3.51. The van der Waals surface area contributed by atoms with Gasteiger partial charge in [0, 0.05) is 16.1 Å². The van der Waals surface area contributed by atoms with E-state index in [4.69, 9.17) is 0 Å². The van der Waals surface area contributed by atoms with Gasteiger partial charge in [-0.05, 0) is 57.9 Å². The lowest BCUT2D eigenvalue weighted by Gasteiger charge is -2.45. The smallest absolute Gasteiger partial charge is 0.0353 e. The molecule has 1 fully saturated rings. The standard InChI is InChI=1S/C15H22BrN/c1-15(2,3)17-11-5-4-6-14(17)12-7-9-13(16)10-8-12/h7-10,14H,4-6,11H2,1-3H3. The fraction of sp³-hybridized carbons (Fsp3) is 0.600. The van der Waals surface area contributed by atoms with Crippen molar-refractivity contribution in [2.24, 2.45) is 0 Å². The molecule has 1 atom stereocenters. The van der Waals surface area contributed by atoms with Crippen molar-refractivity contribution >= 4 is 15.9 Å². The van der Waals surface area contributed by atoms with Gasteiger partial charge in [-0.15, -0.1) is 0 Å². The Hall–Kier alpha value is -0.340. The van der Waals surface area contributed by atoms with Crippen LogP contribution < -0.4 is 0 Å². The van der Waals surface area contributed by atoms with E-state index >= 15 is 0 Å². The van der Waals surface area contributed by atoms with Gasteiger partial charge >= 0.3 is 0 Å². The first-order chi connectivity index (χ1) is 7.98. The summed E-state index contributed by atoms with van der Waals surface area (Å²) in [6.07, 6.45) is 3.98. The molecule has 1 saturated heterocycles. The number of hydrogen-bond donors (Lipinski definition) is 0. The van der Waals surface area contributed by atoms with Crippen LogP contribution in [-0.2, 0) is 0 Å². The largest absolute Gasteiger partial charge is 0.291 e. The number of benzene rings is 1. The van der Waals surface area contributed by atoms with Crippen LogP contribution in [0.2, 0.25) is 0 Å². The number of piperidine rings is 1. The van der Waals surface area contributed by atoms with E-state index in [1.807, 2.05) is 0 Å². The van der Waals surface area contributed by atoms with E-state index in [9.17, 15) is 0 Å². The molecule has 1 aromatic rings. The number of rotatable bonds is 1. The van der Waals surface area contributed by atoms with Gasteiger partial charge in [0.15, 0.2) is 0 Å². The van der Waals surface area contributed by atoms with Crippen LogP contribution in [0.25, 0.3) is 0 Å². The molecule has 0 aromatic heterocycles. The zero-order valence-electron chi connectivity index (χ0n) is 11.0. The molecule has 2 rings (SSSR count). The van der Waals surface area contributed by atoms with Crippen LogP contribution in [0.1, 0.15) is 51.6 Å². The Morgan fingerprint density at radius 2 is 1.76 bits per heavy atom. The van der Waals surface area contributed by atoms with Gasteiger partial charge < -0.3 is 0 Å². The van der Waals surface area contributed by atoms with Crippen LogP contribution in [0.5, 0.6) is 0 Å². The summed E-state index contributed by atoms with van der Waals surface area (Å²) in [6, 6.07) is 9.43. The Morgan fingerprint density at radius 1 is 1.12 bits per heavy atom. The van der Waals surface area contributed by atoms with Crippen molar-refractivity contribution in [2.75, 3.05) is 6.54 Å². The monoisotopic (exact) mass is 295 g/mol. The van der Waals surface area contributed by atoms with Crippen molar-refractivity contribution in [1.82, 2.24) is 4.90 Å². The molecule has 1 nitrogen and oxygen atoms in total. The van der Waals surface area contributed by atoms with Gasteiger partial charge in [0.1, 0.15) is 0 Å². The second-order valence-corrected chi connectivity index (χ2v) is 6.84. The molecule has 0 saturated carbocycles. The van der Waals surface area contributed by atoms with Gasteiger partial charge in [0.05, 0.1) is 0 Å². The number of hydrogen-bond acceptors (Lipinski definition) is 1. The molecule has 1 unspecified atom stereocenters. The summed E-state index contributed by atoms with van der Waals surface area (Å²) in [7, 11) is 0. The Bertz CT molecular complexity index is 364. The molecular formula is C15H22BrN. The number of nitrogens with zero attached hydrogens (tertiary/aromatic N) is 1. The molecule has 0 spiro atoms. The van der Waals surface area contributed by atoms with E-state index < -0.39 is 0 Å². The molecule has 1 aromatic carbocycles. The van der Waals surface area contributed by atoms with Crippen molar-refractivity contribution in [1.29, 1.82) is 0 Å². The molecule has 1 aliphatic rings. The minimum absolute atomic E-state index is 0.262. The Balaban J connectivity index is 2.25. The van der Waals surface area contributed by atoms with E-state index in [-0.39, 0.29) is 5.54 Å². The van der Waals surface area contributed by atoms with Gasteiger partial charge in [0.25, 0.3) is 0 Å². The summed E-state index contributed by atoms with van der Waals surface area (Å²) in [4.78, 5) is 2.65. The summed E-state index contributed by atoms with van der Waals surface area (Å²) in [6.45, 7) is 8.20. The summed E-state index contributed by atoms with van der Waals surface area (Å²) < 4.78 is 1.17. The lowest BCUT2D eigenvalue weighted by Crippen LogP contribution is -2.46. The molecule has 0 amide bonds. The molecule has 0 radical (unpaired) electrons. The van der Waals surface area contributed by atoms with Gasteiger partial charge in [-0.25, -0.2) is 0 Å². The van der Waals surface area contributed by atoms with Crippen molar-refractivity contribution in [3.8, 4) is 0 Å². The molecular weight excluding hydrogens is 274 g/mol. The topological polar surface area (TPSA) is 3.24 Å². The molecule has 17 heavy (non-hydrogen) atoms. The number of halogens is 1. The molecule has 1 aliphatic heterocycles. The highest BCUT2D eigenvalue weighted by atomic mass is 79.9. The van der Waals surface area contributed by atoms with E-state index in [1.165, 1.54) is 35.8 Å². The lowest BCUT2D eigenvalue weighted by molar-refractivity contribution is 0.0509. The van der Waals surface area contributed by atoms with Gasteiger partial charge in [-0.3, -0.25) is 4.90 Å². The fourth-order valence-electron chi connectivity index (χ4n) is 2.77. The molecule has 1 heterocycles. The SMILES string of the molecule is CC(C)(C)N1CCCCC1c1ccc(Br)cc1. The average Bonchev–Trinajstić information content (AvgIpc) is 2.29. The van der Waals surface area contributed by atoms with Crippen molar-refractivity contribution in [3.63, 3.8) is 0 Å². The Kier molecular flexibility index (Phi) is 3.94. The minimum Gasteiger partial charge on any atom is -0.291 e. The van der Waals surface area contributed by atoms with Crippen LogP contribution in [0.3, 0.4) is 0 Å². The van der Waals surface area contributed by atoms with Gasteiger partial charge in [0.2, 0.25) is 0 Å². The predicted molar refractivity (Wildman–Crippen MR) is 77.2 cm³/mol. The molecule has 0 bridgehead atoms. The zero-order chi connectivity index (χ0) is 12.5. The Labute approximate surface area is 113 Å². The third-order valence-corrected chi connectivity index (χ3v) is 4.15. The summed E-state index contributed by atoms with van der Waals surface area (Å²) >= 11 is 3.51. The lowest BCUT2D eigenvalue weighted by atomic mass is 9.90. The van der Waals surface area contributed by atoms with Crippen molar-refractivity contribution in [3.05, 3.63) is 34.3 Å². The maximum Gasteiger partial charge on any atom is 0.0353 e. The highest BCUT2D eigenvalue weighted by molar-refractivity contribution is 9.10. The predicted octanol–water partition coefficient (Wildman–Crippen LogP) is 4.77. The minimum atomic E-state index is 0.262. The van der Waals surface area contributed by atoms with Crippen molar-refractivity contribution < 1.29 is 0 Å². The molecule has 94 valence electrons. The highest BCUT2D eigenvalue weighted by Gasteiger charge is 2.31. The third kappa shape index (κ3) is 3.11. The van der Waals surface area contributed by atoms with E-state index in [2.05, 4.69) is 65.9 Å². The van der Waals surface area contributed by atoms with E-state index in [1.54, 1.807) is 0 Å². The van der Waals surface area contributed by atoms with E-state index in [0.717, 1.165) is 0 Å². The summed E-state index contributed by atoms with van der Waals surface area (Å²) in [5.74, 6) is 0. The Morgan fingerprint density at radius 3 is 2.35 bits per heavy atom. The van der Waals surface area contributed by atoms with Crippen LogP contribution in [0.15, 0.2) is 28.7 Å². The normalized spacial score (nSPS) is 22.7. The number of likely N-dealkylation sites (tertiary alicyclic amines) is 1. The van der Waals surface area contributed by atoms with Crippen LogP contribution in [-0.4, -0.2) is 17.0 Å². The summed E-state index contributed by atoms with van der Waals surface area (Å²) in [5.41, 5.74) is 1.72. The fourth-order valence-corrected chi connectivity index (χ4v) is 3.03. The quantitative estimate of drug-likeness (QED) is 0.721. The first-order valence-electron chi connectivity index (χ1n) is 6.51. The second kappa shape index (κ2) is 5.11. The average molecular weight is 296 g/mol. The van der Waals surface area contributed by atoms with Gasteiger partial charge in [-0.1, -0.05) is 34.5 Å². The summed E-state index contributed by atoms with van der Waals surface area (Å²) in [5, 5.41) is 0. The van der Waals surface area contributed by atoms with Crippen molar-refractivity contribution in [2.45, 2.75) is 51.6 Å². The highest BCUT2D eigenvalue weighted by Crippen LogP contribution is 2.36.